The Kier molecular flexibility index (Phi) is 3.66. The van der Waals surface area contributed by atoms with Gasteiger partial charge in [0.25, 0.3) is 0 Å². The number of carbonyl (C=O) groups is 2. The second-order valence-corrected chi connectivity index (χ2v) is 6.44. The lowest BCUT2D eigenvalue weighted by atomic mass is 10.0. The van der Waals surface area contributed by atoms with Crippen molar-refractivity contribution in [2.75, 3.05) is 19.3 Å². The SMILES string of the molecule is CSC1(CN2CC(C)C(=O)NC2=O)CCCC1. The summed E-state index contributed by atoms with van der Waals surface area (Å²) >= 11 is 1.87. The number of amides is 3. The molecular weight excluding hydrogens is 236 g/mol. The minimum Gasteiger partial charge on any atom is -0.322 e. The average molecular weight is 256 g/mol. The van der Waals surface area contributed by atoms with Gasteiger partial charge in [0.2, 0.25) is 5.91 Å². The van der Waals surface area contributed by atoms with Gasteiger partial charge in [0.15, 0.2) is 0 Å². The number of hydrogen-bond acceptors (Lipinski definition) is 3. The summed E-state index contributed by atoms with van der Waals surface area (Å²) < 4.78 is 0.220. The van der Waals surface area contributed by atoms with Crippen LogP contribution in [0.3, 0.4) is 0 Å². The Balaban J connectivity index is 2.02. The first-order valence-electron chi connectivity index (χ1n) is 6.21. The molecule has 2 fully saturated rings. The summed E-state index contributed by atoms with van der Waals surface area (Å²) in [6.45, 7) is 3.21. The van der Waals surface area contributed by atoms with Crippen molar-refractivity contribution < 1.29 is 9.59 Å². The standard InChI is InChI=1S/C12H20N2O2S/c1-9-7-14(11(16)13-10(9)15)8-12(17-2)5-3-4-6-12/h9H,3-8H2,1-2H3,(H,13,15,16). The van der Waals surface area contributed by atoms with E-state index in [1.54, 1.807) is 0 Å². The van der Waals surface area contributed by atoms with Crippen molar-refractivity contribution in [1.29, 1.82) is 0 Å². The smallest absolute Gasteiger partial charge is 0.322 e. The van der Waals surface area contributed by atoms with Crippen molar-refractivity contribution in [1.82, 2.24) is 10.2 Å². The van der Waals surface area contributed by atoms with Crippen LogP contribution >= 0.6 is 11.8 Å². The number of imide groups is 1. The van der Waals surface area contributed by atoms with Crippen molar-refractivity contribution in [3.8, 4) is 0 Å². The number of nitrogens with zero attached hydrogens (tertiary/aromatic N) is 1. The van der Waals surface area contributed by atoms with Crippen LogP contribution in [0.4, 0.5) is 4.79 Å². The molecule has 1 aliphatic carbocycles. The van der Waals surface area contributed by atoms with E-state index in [1.165, 1.54) is 25.7 Å². The lowest BCUT2D eigenvalue weighted by Gasteiger charge is -2.37. The van der Waals surface area contributed by atoms with Crippen LogP contribution in [-0.2, 0) is 4.79 Å². The van der Waals surface area contributed by atoms with Gasteiger partial charge in [-0.15, -0.1) is 0 Å². The largest absolute Gasteiger partial charge is 0.324 e. The first-order chi connectivity index (χ1) is 8.06. The van der Waals surface area contributed by atoms with E-state index >= 15 is 0 Å². The molecule has 96 valence electrons. The zero-order valence-electron chi connectivity index (χ0n) is 10.5. The molecule has 0 bridgehead atoms. The molecule has 1 heterocycles. The number of urea groups is 1. The van der Waals surface area contributed by atoms with E-state index in [2.05, 4.69) is 11.6 Å². The van der Waals surface area contributed by atoms with Crippen LogP contribution in [0.1, 0.15) is 32.6 Å². The maximum absolute atomic E-state index is 11.8. The van der Waals surface area contributed by atoms with E-state index in [0.717, 1.165) is 6.54 Å². The molecule has 0 aromatic heterocycles. The van der Waals surface area contributed by atoms with Crippen LogP contribution < -0.4 is 5.32 Å². The Bertz CT molecular complexity index is 326. The first kappa shape index (κ1) is 12.7. The average Bonchev–Trinajstić information content (AvgIpc) is 2.75. The van der Waals surface area contributed by atoms with Crippen molar-refractivity contribution in [3.63, 3.8) is 0 Å². The third-order valence-corrected chi connectivity index (χ3v) is 5.29. The molecule has 1 aliphatic heterocycles. The van der Waals surface area contributed by atoms with Gasteiger partial charge >= 0.3 is 6.03 Å². The molecule has 4 nitrogen and oxygen atoms in total. The van der Waals surface area contributed by atoms with E-state index in [1.807, 2.05) is 23.6 Å². The Morgan fingerprint density at radius 3 is 2.65 bits per heavy atom. The van der Waals surface area contributed by atoms with Crippen molar-refractivity contribution in [3.05, 3.63) is 0 Å². The second-order valence-electron chi connectivity index (χ2n) is 5.17. The molecule has 3 amide bonds. The molecule has 1 saturated heterocycles. The Hall–Kier alpha value is -0.710. The summed E-state index contributed by atoms with van der Waals surface area (Å²) in [7, 11) is 0. The van der Waals surface area contributed by atoms with E-state index in [9.17, 15) is 9.59 Å². The van der Waals surface area contributed by atoms with Gasteiger partial charge in [0.05, 0.1) is 5.92 Å². The highest BCUT2D eigenvalue weighted by atomic mass is 32.2. The Morgan fingerprint density at radius 1 is 1.41 bits per heavy atom. The van der Waals surface area contributed by atoms with E-state index in [4.69, 9.17) is 0 Å². The molecule has 2 aliphatic rings. The van der Waals surface area contributed by atoms with Crippen molar-refractivity contribution in [2.24, 2.45) is 5.92 Å². The zero-order chi connectivity index (χ0) is 12.5. The summed E-state index contributed by atoms with van der Waals surface area (Å²) in [6, 6.07) is -0.214. The lowest BCUT2D eigenvalue weighted by molar-refractivity contribution is -0.125. The van der Waals surface area contributed by atoms with E-state index in [0.29, 0.717) is 6.54 Å². The van der Waals surface area contributed by atoms with Crippen LogP contribution in [0.25, 0.3) is 0 Å². The molecule has 0 radical (unpaired) electrons. The van der Waals surface area contributed by atoms with Crippen LogP contribution in [-0.4, -0.2) is 40.9 Å². The molecule has 1 saturated carbocycles. The van der Waals surface area contributed by atoms with Gasteiger partial charge in [-0.25, -0.2) is 4.79 Å². The van der Waals surface area contributed by atoms with Gasteiger partial charge in [0.1, 0.15) is 0 Å². The predicted molar refractivity (Wildman–Crippen MR) is 69.0 cm³/mol. The molecule has 2 rings (SSSR count). The molecule has 1 unspecified atom stereocenters. The van der Waals surface area contributed by atoms with Crippen LogP contribution in [0.15, 0.2) is 0 Å². The highest BCUT2D eigenvalue weighted by Gasteiger charge is 2.38. The molecule has 5 heteroatoms. The quantitative estimate of drug-likeness (QED) is 0.838. The summed E-state index contributed by atoms with van der Waals surface area (Å²) in [5.74, 6) is -0.233. The molecule has 1 atom stereocenters. The molecule has 0 aromatic rings. The van der Waals surface area contributed by atoms with Gasteiger partial charge < -0.3 is 4.90 Å². The van der Waals surface area contributed by atoms with Crippen molar-refractivity contribution in [2.45, 2.75) is 37.4 Å². The molecule has 0 aromatic carbocycles. The normalized spacial score (nSPS) is 28.4. The monoisotopic (exact) mass is 256 g/mol. The zero-order valence-corrected chi connectivity index (χ0v) is 11.3. The third-order valence-electron chi connectivity index (χ3n) is 3.89. The fourth-order valence-electron chi connectivity index (χ4n) is 2.73. The second kappa shape index (κ2) is 4.88. The summed E-state index contributed by atoms with van der Waals surface area (Å²) in [4.78, 5) is 25.0. The lowest BCUT2D eigenvalue weighted by Crippen LogP contribution is -2.56. The van der Waals surface area contributed by atoms with Crippen molar-refractivity contribution >= 4 is 23.7 Å². The van der Waals surface area contributed by atoms with Gasteiger partial charge in [-0.3, -0.25) is 10.1 Å². The van der Waals surface area contributed by atoms with Crippen LogP contribution in [0.5, 0.6) is 0 Å². The summed E-state index contributed by atoms with van der Waals surface area (Å²) in [5.41, 5.74) is 0. The molecule has 1 N–H and O–H groups in total. The molecule has 17 heavy (non-hydrogen) atoms. The third kappa shape index (κ3) is 2.59. The number of hydrogen-bond donors (Lipinski definition) is 1. The summed E-state index contributed by atoms with van der Waals surface area (Å²) in [5, 5.41) is 2.43. The fourth-order valence-corrected chi connectivity index (χ4v) is 3.72. The highest BCUT2D eigenvalue weighted by molar-refractivity contribution is 8.00. The van der Waals surface area contributed by atoms with E-state index < -0.39 is 0 Å². The Morgan fingerprint density at radius 2 is 2.06 bits per heavy atom. The molecular formula is C12H20N2O2S. The predicted octanol–water partition coefficient (Wildman–Crippen LogP) is 1.85. The van der Waals surface area contributed by atoms with Gasteiger partial charge in [-0.05, 0) is 19.1 Å². The number of nitrogens with one attached hydrogen (secondary N) is 1. The van der Waals surface area contributed by atoms with Crippen LogP contribution in [0, 0.1) is 5.92 Å². The summed E-state index contributed by atoms with van der Waals surface area (Å²) in [6.07, 6.45) is 7.00. The maximum atomic E-state index is 11.8. The number of thioether (sulfide) groups is 1. The first-order valence-corrected chi connectivity index (χ1v) is 7.44. The maximum Gasteiger partial charge on any atom is 0.324 e. The minimum atomic E-state index is -0.214. The molecule has 0 spiro atoms. The topological polar surface area (TPSA) is 49.4 Å². The van der Waals surface area contributed by atoms with Gasteiger partial charge in [-0.2, -0.15) is 11.8 Å². The van der Waals surface area contributed by atoms with Gasteiger partial charge in [0, 0.05) is 17.8 Å². The minimum absolute atomic E-state index is 0.0898. The van der Waals surface area contributed by atoms with Crippen LogP contribution in [0.2, 0.25) is 0 Å². The number of rotatable bonds is 3. The van der Waals surface area contributed by atoms with Gasteiger partial charge in [-0.1, -0.05) is 19.8 Å². The fraction of sp³-hybridized carbons (Fsp3) is 0.833. The highest BCUT2D eigenvalue weighted by Crippen LogP contribution is 2.41. The van der Waals surface area contributed by atoms with E-state index in [-0.39, 0.29) is 22.6 Å². The Labute approximate surface area is 106 Å². The number of carbonyl (C=O) groups excluding carboxylic acids is 2.